The van der Waals surface area contributed by atoms with Crippen LogP contribution in [-0.4, -0.2) is 18.5 Å². The van der Waals surface area contributed by atoms with Crippen LogP contribution in [0.5, 0.6) is 0 Å². The van der Waals surface area contributed by atoms with Gasteiger partial charge in [-0.1, -0.05) is 36.5 Å². The summed E-state index contributed by atoms with van der Waals surface area (Å²) >= 11 is 11.7. The van der Waals surface area contributed by atoms with Crippen LogP contribution in [0.4, 0.5) is 5.69 Å². The lowest BCUT2D eigenvalue weighted by Crippen LogP contribution is -2.36. The SMILES string of the molecule is CCCC(C)NC(=O)CNc1cc(Cl)cc(Cl)c1. The molecule has 3 nitrogen and oxygen atoms in total. The first-order valence-corrected chi connectivity index (χ1v) is 6.76. The highest BCUT2D eigenvalue weighted by molar-refractivity contribution is 6.35. The standard InChI is InChI=1S/C13H18Cl2N2O/c1-3-4-9(2)17-13(18)8-16-12-6-10(14)5-11(15)7-12/h5-7,9,16H,3-4,8H2,1-2H3,(H,17,18). The fourth-order valence-electron chi connectivity index (χ4n) is 1.67. The molecule has 0 saturated carbocycles. The van der Waals surface area contributed by atoms with Crippen molar-refractivity contribution in [1.82, 2.24) is 5.32 Å². The van der Waals surface area contributed by atoms with E-state index in [9.17, 15) is 4.79 Å². The molecule has 0 aliphatic carbocycles. The molecule has 0 heterocycles. The number of rotatable bonds is 6. The maximum atomic E-state index is 11.6. The molecule has 0 bridgehead atoms. The molecule has 0 fully saturated rings. The van der Waals surface area contributed by atoms with Crippen LogP contribution in [-0.2, 0) is 4.79 Å². The second-order valence-corrected chi connectivity index (χ2v) is 5.14. The van der Waals surface area contributed by atoms with Crippen LogP contribution in [0.2, 0.25) is 10.0 Å². The van der Waals surface area contributed by atoms with Gasteiger partial charge in [-0.15, -0.1) is 0 Å². The van der Waals surface area contributed by atoms with Gasteiger partial charge in [0.15, 0.2) is 0 Å². The fraction of sp³-hybridized carbons (Fsp3) is 0.462. The van der Waals surface area contributed by atoms with E-state index in [-0.39, 0.29) is 18.5 Å². The quantitative estimate of drug-likeness (QED) is 0.838. The van der Waals surface area contributed by atoms with Gasteiger partial charge in [0.2, 0.25) is 5.91 Å². The van der Waals surface area contributed by atoms with Crippen molar-refractivity contribution in [2.24, 2.45) is 0 Å². The number of hydrogen-bond donors (Lipinski definition) is 2. The largest absolute Gasteiger partial charge is 0.376 e. The average molecular weight is 289 g/mol. The predicted molar refractivity (Wildman–Crippen MR) is 77.5 cm³/mol. The summed E-state index contributed by atoms with van der Waals surface area (Å²) in [4.78, 5) is 11.6. The highest BCUT2D eigenvalue weighted by Gasteiger charge is 2.06. The molecule has 0 aliphatic rings. The molecule has 1 aromatic rings. The third-order valence-corrected chi connectivity index (χ3v) is 2.88. The molecular weight excluding hydrogens is 271 g/mol. The summed E-state index contributed by atoms with van der Waals surface area (Å²) in [5.74, 6) is -0.0351. The van der Waals surface area contributed by atoms with Crippen LogP contribution >= 0.6 is 23.2 Å². The molecule has 0 aliphatic heterocycles. The molecule has 100 valence electrons. The first-order valence-electron chi connectivity index (χ1n) is 6.00. The third-order valence-electron chi connectivity index (χ3n) is 2.44. The highest BCUT2D eigenvalue weighted by atomic mass is 35.5. The number of amides is 1. The average Bonchev–Trinajstić information content (AvgIpc) is 2.25. The first-order chi connectivity index (χ1) is 8.51. The molecule has 0 saturated heterocycles. The smallest absolute Gasteiger partial charge is 0.239 e. The summed E-state index contributed by atoms with van der Waals surface area (Å²) in [6.45, 7) is 4.30. The van der Waals surface area contributed by atoms with E-state index in [1.54, 1.807) is 18.2 Å². The zero-order valence-electron chi connectivity index (χ0n) is 10.6. The van der Waals surface area contributed by atoms with Crippen molar-refractivity contribution in [1.29, 1.82) is 0 Å². The van der Waals surface area contributed by atoms with Crippen LogP contribution in [0, 0.1) is 0 Å². The van der Waals surface area contributed by atoms with Crippen LogP contribution in [0.1, 0.15) is 26.7 Å². The first kappa shape index (κ1) is 15.1. The van der Waals surface area contributed by atoms with E-state index in [1.165, 1.54) is 0 Å². The molecule has 2 N–H and O–H groups in total. The van der Waals surface area contributed by atoms with Gasteiger partial charge in [-0.2, -0.15) is 0 Å². The normalized spacial score (nSPS) is 12.0. The minimum absolute atomic E-state index is 0.0351. The van der Waals surface area contributed by atoms with E-state index in [0.717, 1.165) is 18.5 Å². The molecule has 1 aromatic carbocycles. The number of nitrogens with one attached hydrogen (secondary N) is 2. The topological polar surface area (TPSA) is 41.1 Å². The summed E-state index contributed by atoms with van der Waals surface area (Å²) in [6, 6.07) is 5.32. The second-order valence-electron chi connectivity index (χ2n) is 4.27. The number of hydrogen-bond acceptors (Lipinski definition) is 2. The van der Waals surface area contributed by atoms with Crippen LogP contribution in [0.15, 0.2) is 18.2 Å². The summed E-state index contributed by atoms with van der Waals surface area (Å²) in [5.41, 5.74) is 0.741. The molecule has 0 radical (unpaired) electrons. The van der Waals surface area contributed by atoms with Crippen molar-refractivity contribution in [3.63, 3.8) is 0 Å². The van der Waals surface area contributed by atoms with Gasteiger partial charge in [-0.25, -0.2) is 0 Å². The highest BCUT2D eigenvalue weighted by Crippen LogP contribution is 2.22. The Kier molecular flexibility index (Phi) is 6.30. The predicted octanol–water partition coefficient (Wildman–Crippen LogP) is 3.71. The van der Waals surface area contributed by atoms with E-state index in [0.29, 0.717) is 10.0 Å². The Morgan fingerprint density at radius 2 is 1.89 bits per heavy atom. The van der Waals surface area contributed by atoms with Crippen LogP contribution in [0.3, 0.4) is 0 Å². The zero-order valence-corrected chi connectivity index (χ0v) is 12.1. The molecule has 18 heavy (non-hydrogen) atoms. The Hall–Kier alpha value is -0.930. The van der Waals surface area contributed by atoms with Crippen molar-refractivity contribution >= 4 is 34.8 Å². The minimum Gasteiger partial charge on any atom is -0.376 e. The van der Waals surface area contributed by atoms with Gasteiger partial charge in [0.05, 0.1) is 6.54 Å². The second kappa shape index (κ2) is 7.49. The van der Waals surface area contributed by atoms with Crippen LogP contribution in [0.25, 0.3) is 0 Å². The molecule has 1 amide bonds. The van der Waals surface area contributed by atoms with Crippen molar-refractivity contribution in [2.75, 3.05) is 11.9 Å². The molecule has 0 spiro atoms. The van der Waals surface area contributed by atoms with Crippen LogP contribution < -0.4 is 10.6 Å². The Balaban J connectivity index is 2.42. The van der Waals surface area contributed by atoms with Crippen molar-refractivity contribution < 1.29 is 4.79 Å². The maximum Gasteiger partial charge on any atom is 0.239 e. The van der Waals surface area contributed by atoms with Gasteiger partial charge in [-0.05, 0) is 31.5 Å². The van der Waals surface area contributed by atoms with Gasteiger partial charge in [0.1, 0.15) is 0 Å². The lowest BCUT2D eigenvalue weighted by molar-refractivity contribution is -0.120. The van der Waals surface area contributed by atoms with Crippen molar-refractivity contribution in [3.05, 3.63) is 28.2 Å². The van der Waals surface area contributed by atoms with E-state index in [1.807, 2.05) is 6.92 Å². The summed E-state index contributed by atoms with van der Waals surface area (Å²) in [5, 5.41) is 7.00. The monoisotopic (exact) mass is 288 g/mol. The molecular formula is C13H18Cl2N2O. The number of anilines is 1. The Labute approximate surface area is 118 Å². The van der Waals surface area contributed by atoms with E-state index < -0.39 is 0 Å². The van der Waals surface area contributed by atoms with Gasteiger partial charge in [0, 0.05) is 21.8 Å². The van der Waals surface area contributed by atoms with Gasteiger partial charge in [-0.3, -0.25) is 4.79 Å². The fourth-order valence-corrected chi connectivity index (χ4v) is 2.20. The number of benzene rings is 1. The van der Waals surface area contributed by atoms with E-state index in [4.69, 9.17) is 23.2 Å². The maximum absolute atomic E-state index is 11.6. The minimum atomic E-state index is -0.0351. The number of halogens is 2. The summed E-state index contributed by atoms with van der Waals surface area (Å²) in [7, 11) is 0. The zero-order chi connectivity index (χ0) is 13.5. The Morgan fingerprint density at radius 3 is 2.44 bits per heavy atom. The summed E-state index contributed by atoms with van der Waals surface area (Å²) in [6.07, 6.45) is 2.04. The molecule has 1 unspecified atom stereocenters. The Morgan fingerprint density at radius 1 is 1.28 bits per heavy atom. The van der Waals surface area contributed by atoms with Crippen molar-refractivity contribution in [2.45, 2.75) is 32.7 Å². The molecule has 5 heteroatoms. The van der Waals surface area contributed by atoms with Gasteiger partial charge in [0.25, 0.3) is 0 Å². The van der Waals surface area contributed by atoms with E-state index >= 15 is 0 Å². The summed E-state index contributed by atoms with van der Waals surface area (Å²) < 4.78 is 0. The molecule has 0 aromatic heterocycles. The van der Waals surface area contributed by atoms with E-state index in [2.05, 4.69) is 17.6 Å². The van der Waals surface area contributed by atoms with Gasteiger partial charge < -0.3 is 10.6 Å². The molecule has 1 rings (SSSR count). The third kappa shape index (κ3) is 5.61. The van der Waals surface area contributed by atoms with Gasteiger partial charge >= 0.3 is 0 Å². The number of carbonyl (C=O) groups excluding carboxylic acids is 1. The lowest BCUT2D eigenvalue weighted by Gasteiger charge is -2.13. The number of carbonyl (C=O) groups is 1. The van der Waals surface area contributed by atoms with Crippen molar-refractivity contribution in [3.8, 4) is 0 Å². The Bertz CT molecular complexity index is 390. The molecule has 1 atom stereocenters. The lowest BCUT2D eigenvalue weighted by atomic mass is 10.2.